The van der Waals surface area contributed by atoms with Crippen molar-refractivity contribution in [2.45, 2.75) is 6.92 Å². The van der Waals surface area contributed by atoms with Crippen LogP contribution in [0.25, 0.3) is 6.08 Å². The summed E-state index contributed by atoms with van der Waals surface area (Å²) in [5.41, 5.74) is 2.91. The number of hydrogen-bond donors (Lipinski definition) is 1. The van der Waals surface area contributed by atoms with E-state index in [1.807, 2.05) is 31.2 Å². The van der Waals surface area contributed by atoms with E-state index in [-0.39, 0.29) is 5.91 Å². The monoisotopic (exact) mass is 432 g/mol. The second-order valence-electron chi connectivity index (χ2n) is 5.64. The van der Waals surface area contributed by atoms with Crippen LogP contribution in [0.3, 0.4) is 0 Å². The minimum Gasteiger partial charge on any atom is -0.493 e. The molecule has 2 aromatic carbocycles. The number of thiocarbonyl (C=S) groups is 1. The van der Waals surface area contributed by atoms with Crippen molar-refractivity contribution in [1.82, 2.24) is 5.32 Å². The van der Waals surface area contributed by atoms with Crippen molar-refractivity contribution in [1.29, 1.82) is 0 Å². The van der Waals surface area contributed by atoms with Crippen LogP contribution in [-0.4, -0.2) is 25.2 Å². The standard InChI is InChI=1S/C19H17BrN2O3S/c1-11-6-4-5-7-15(11)22-18(23)14(21-19(22)26)8-12-9-16(24-2)17(25-3)10-13(12)20/h4-10H,1-3H3,(H,21,26)/b14-8-. The van der Waals surface area contributed by atoms with Gasteiger partial charge in [0.2, 0.25) is 0 Å². The van der Waals surface area contributed by atoms with E-state index in [9.17, 15) is 4.79 Å². The van der Waals surface area contributed by atoms with Crippen LogP contribution in [0.2, 0.25) is 0 Å². The van der Waals surface area contributed by atoms with Crippen LogP contribution in [0, 0.1) is 6.92 Å². The van der Waals surface area contributed by atoms with E-state index in [0.29, 0.717) is 22.3 Å². The van der Waals surface area contributed by atoms with Crippen LogP contribution in [0.5, 0.6) is 11.5 Å². The molecule has 134 valence electrons. The number of amides is 1. The van der Waals surface area contributed by atoms with Crippen molar-refractivity contribution in [3.8, 4) is 11.5 Å². The van der Waals surface area contributed by atoms with Crippen LogP contribution in [0.4, 0.5) is 5.69 Å². The normalized spacial score (nSPS) is 15.4. The molecule has 0 bridgehead atoms. The first-order valence-electron chi connectivity index (χ1n) is 7.80. The summed E-state index contributed by atoms with van der Waals surface area (Å²) in [5.74, 6) is 0.974. The summed E-state index contributed by atoms with van der Waals surface area (Å²) in [4.78, 5) is 14.4. The molecule has 1 N–H and O–H groups in total. The summed E-state index contributed by atoms with van der Waals surface area (Å²) < 4.78 is 11.4. The van der Waals surface area contributed by atoms with E-state index >= 15 is 0 Å². The topological polar surface area (TPSA) is 50.8 Å². The lowest BCUT2D eigenvalue weighted by molar-refractivity contribution is -0.113. The van der Waals surface area contributed by atoms with Gasteiger partial charge >= 0.3 is 0 Å². The summed E-state index contributed by atoms with van der Waals surface area (Å²) in [7, 11) is 3.14. The summed E-state index contributed by atoms with van der Waals surface area (Å²) in [6.45, 7) is 1.94. The SMILES string of the molecule is COc1cc(Br)c(/C=C2\NC(=S)N(c3ccccc3C)C2=O)cc1OC. The molecule has 1 heterocycles. The van der Waals surface area contributed by atoms with Gasteiger partial charge in [-0.05, 0) is 54.5 Å². The zero-order valence-electron chi connectivity index (χ0n) is 14.5. The molecular weight excluding hydrogens is 416 g/mol. The molecule has 1 saturated heterocycles. The predicted molar refractivity (Wildman–Crippen MR) is 110 cm³/mol. The molecule has 1 fully saturated rings. The Labute approximate surface area is 165 Å². The number of halogens is 1. The first-order valence-corrected chi connectivity index (χ1v) is 9.00. The van der Waals surface area contributed by atoms with E-state index < -0.39 is 0 Å². The molecule has 0 saturated carbocycles. The van der Waals surface area contributed by atoms with E-state index in [0.717, 1.165) is 21.3 Å². The predicted octanol–water partition coefficient (Wildman–Crippen LogP) is 4.04. The Balaban J connectivity index is 2.00. The largest absolute Gasteiger partial charge is 0.493 e. The zero-order chi connectivity index (χ0) is 18.8. The molecule has 3 rings (SSSR count). The maximum absolute atomic E-state index is 12.9. The third-order valence-electron chi connectivity index (χ3n) is 4.04. The highest BCUT2D eigenvalue weighted by molar-refractivity contribution is 9.10. The maximum atomic E-state index is 12.9. The number of carbonyl (C=O) groups excluding carboxylic acids is 1. The Morgan fingerprint density at radius 2 is 1.81 bits per heavy atom. The first-order chi connectivity index (χ1) is 12.5. The molecule has 7 heteroatoms. The van der Waals surface area contributed by atoms with Gasteiger partial charge in [0.1, 0.15) is 5.70 Å². The van der Waals surface area contributed by atoms with Gasteiger partial charge in [-0.2, -0.15) is 0 Å². The molecule has 0 spiro atoms. The Bertz CT molecular complexity index is 927. The van der Waals surface area contributed by atoms with Gasteiger partial charge < -0.3 is 14.8 Å². The van der Waals surface area contributed by atoms with Gasteiger partial charge in [-0.15, -0.1) is 0 Å². The highest BCUT2D eigenvalue weighted by Gasteiger charge is 2.32. The van der Waals surface area contributed by atoms with Crippen LogP contribution in [-0.2, 0) is 4.79 Å². The number of nitrogens with one attached hydrogen (secondary N) is 1. The number of methoxy groups -OCH3 is 2. The fraction of sp³-hybridized carbons (Fsp3) is 0.158. The summed E-state index contributed by atoms with van der Waals surface area (Å²) in [6, 6.07) is 11.2. The van der Waals surface area contributed by atoms with Gasteiger partial charge in [0, 0.05) is 4.47 Å². The first kappa shape index (κ1) is 18.4. The Hall–Kier alpha value is -2.38. The number of nitrogens with zero attached hydrogens (tertiary/aromatic N) is 1. The number of hydrogen-bond acceptors (Lipinski definition) is 4. The van der Waals surface area contributed by atoms with Crippen LogP contribution in [0.1, 0.15) is 11.1 Å². The minimum atomic E-state index is -0.203. The molecule has 0 aliphatic carbocycles. The molecular formula is C19H17BrN2O3S. The van der Waals surface area contributed by atoms with Gasteiger partial charge in [0.05, 0.1) is 19.9 Å². The fourth-order valence-electron chi connectivity index (χ4n) is 2.70. The quantitative estimate of drug-likeness (QED) is 0.583. The van der Waals surface area contributed by atoms with Crippen LogP contribution >= 0.6 is 28.1 Å². The molecule has 0 atom stereocenters. The zero-order valence-corrected chi connectivity index (χ0v) is 16.9. The average Bonchev–Trinajstić information content (AvgIpc) is 2.90. The minimum absolute atomic E-state index is 0.203. The lowest BCUT2D eigenvalue weighted by Crippen LogP contribution is -2.30. The van der Waals surface area contributed by atoms with Crippen molar-refractivity contribution in [3.63, 3.8) is 0 Å². The number of benzene rings is 2. The van der Waals surface area contributed by atoms with Gasteiger partial charge in [0.15, 0.2) is 16.6 Å². The van der Waals surface area contributed by atoms with E-state index in [1.54, 1.807) is 32.4 Å². The number of rotatable bonds is 4. The second-order valence-corrected chi connectivity index (χ2v) is 6.88. The third kappa shape index (κ3) is 3.32. The smallest absolute Gasteiger partial charge is 0.281 e. The van der Waals surface area contributed by atoms with Gasteiger partial charge in [-0.1, -0.05) is 34.1 Å². The molecule has 1 aliphatic heterocycles. The fourth-order valence-corrected chi connectivity index (χ4v) is 3.43. The second kappa shape index (κ2) is 7.47. The summed E-state index contributed by atoms with van der Waals surface area (Å²) in [6.07, 6.45) is 1.74. The van der Waals surface area contributed by atoms with E-state index in [2.05, 4.69) is 21.2 Å². The number of aryl methyl sites for hydroxylation is 1. The molecule has 0 unspecified atom stereocenters. The number of ether oxygens (including phenoxy) is 2. The lowest BCUT2D eigenvalue weighted by atomic mass is 10.1. The highest BCUT2D eigenvalue weighted by atomic mass is 79.9. The molecule has 1 amide bonds. The van der Waals surface area contributed by atoms with Gasteiger partial charge in [-0.3, -0.25) is 9.69 Å². The van der Waals surface area contributed by atoms with Crippen molar-refractivity contribution >= 4 is 50.9 Å². The van der Waals surface area contributed by atoms with Crippen molar-refractivity contribution in [2.75, 3.05) is 19.1 Å². The highest BCUT2D eigenvalue weighted by Crippen LogP contribution is 2.35. The van der Waals surface area contributed by atoms with E-state index in [4.69, 9.17) is 21.7 Å². The molecule has 0 aromatic heterocycles. The summed E-state index contributed by atoms with van der Waals surface area (Å²) in [5, 5.41) is 3.35. The number of carbonyl (C=O) groups is 1. The Kier molecular flexibility index (Phi) is 5.29. The van der Waals surface area contributed by atoms with Gasteiger partial charge in [-0.25, -0.2) is 0 Å². The molecule has 5 nitrogen and oxygen atoms in total. The maximum Gasteiger partial charge on any atom is 0.281 e. The molecule has 1 aliphatic rings. The average molecular weight is 433 g/mol. The van der Waals surface area contributed by atoms with Gasteiger partial charge in [0.25, 0.3) is 5.91 Å². The van der Waals surface area contributed by atoms with Crippen LogP contribution in [0.15, 0.2) is 46.6 Å². The summed E-state index contributed by atoms with van der Waals surface area (Å²) >= 11 is 8.87. The number of anilines is 1. The molecule has 0 radical (unpaired) electrons. The van der Waals surface area contributed by atoms with E-state index in [1.165, 1.54) is 4.90 Å². The third-order valence-corrected chi connectivity index (χ3v) is 5.01. The molecule has 2 aromatic rings. The van der Waals surface area contributed by atoms with Crippen molar-refractivity contribution in [3.05, 3.63) is 57.7 Å². The van der Waals surface area contributed by atoms with Crippen LogP contribution < -0.4 is 19.7 Å². The Morgan fingerprint density at radius 3 is 2.46 bits per heavy atom. The van der Waals surface area contributed by atoms with Crippen molar-refractivity contribution in [2.24, 2.45) is 0 Å². The molecule has 26 heavy (non-hydrogen) atoms. The lowest BCUT2D eigenvalue weighted by Gasteiger charge is -2.16. The number of para-hydroxylation sites is 1. The van der Waals surface area contributed by atoms with Crippen molar-refractivity contribution < 1.29 is 14.3 Å². The Morgan fingerprint density at radius 1 is 1.15 bits per heavy atom.